The van der Waals surface area contributed by atoms with Crippen LogP contribution in [-0.2, 0) is 12.7 Å². The molecule has 0 radical (unpaired) electrons. The molecule has 0 atom stereocenters. The second-order valence-electron chi connectivity index (χ2n) is 5.23. The number of likely N-dealkylation sites (N-methyl/N-ethyl adjacent to an activating group) is 1. The maximum absolute atomic E-state index is 12.6. The van der Waals surface area contributed by atoms with Crippen LogP contribution in [0.4, 0.5) is 13.2 Å². The smallest absolute Gasteiger partial charge is 0.326 e. The molecule has 106 valence electrons. The molecule has 0 bridgehead atoms. The van der Waals surface area contributed by atoms with Crippen LogP contribution in [0, 0.1) is 0 Å². The van der Waals surface area contributed by atoms with Gasteiger partial charge in [0.2, 0.25) is 0 Å². The van der Waals surface area contributed by atoms with Gasteiger partial charge in [0.15, 0.2) is 0 Å². The van der Waals surface area contributed by atoms with Crippen molar-refractivity contribution >= 4 is 0 Å². The number of hydrogen-bond donors (Lipinski definition) is 2. The number of quaternary nitrogens is 2. The van der Waals surface area contributed by atoms with Crippen LogP contribution in [0.3, 0.4) is 0 Å². The second-order valence-corrected chi connectivity index (χ2v) is 5.23. The molecule has 1 saturated heterocycles. The maximum Gasteiger partial charge on any atom is 0.416 e. The zero-order chi connectivity index (χ0) is 13.9. The quantitative estimate of drug-likeness (QED) is 0.768. The molecule has 0 saturated carbocycles. The van der Waals surface area contributed by atoms with E-state index in [-0.39, 0.29) is 0 Å². The van der Waals surface area contributed by atoms with Crippen LogP contribution in [0.5, 0.6) is 0 Å². The van der Waals surface area contributed by atoms with E-state index in [4.69, 9.17) is 0 Å². The monoisotopic (exact) mass is 274 g/mol. The number of benzene rings is 1. The van der Waals surface area contributed by atoms with Crippen LogP contribution >= 0.6 is 0 Å². The fourth-order valence-electron chi connectivity index (χ4n) is 2.63. The molecule has 2 rings (SSSR count). The van der Waals surface area contributed by atoms with Crippen LogP contribution in [0.15, 0.2) is 24.3 Å². The van der Waals surface area contributed by atoms with E-state index in [1.807, 2.05) is 0 Å². The van der Waals surface area contributed by atoms with Crippen LogP contribution in [0.1, 0.15) is 18.1 Å². The summed E-state index contributed by atoms with van der Waals surface area (Å²) in [5.74, 6) is 0. The highest BCUT2D eigenvalue weighted by atomic mass is 19.4. The van der Waals surface area contributed by atoms with Crippen molar-refractivity contribution in [1.29, 1.82) is 0 Å². The molecule has 1 heterocycles. The van der Waals surface area contributed by atoms with Crippen molar-refractivity contribution in [2.45, 2.75) is 19.6 Å². The predicted octanol–water partition coefficient (Wildman–Crippen LogP) is 0.00870. The Balaban J connectivity index is 1.97. The summed E-state index contributed by atoms with van der Waals surface area (Å²) < 4.78 is 37.9. The Morgan fingerprint density at radius 2 is 1.68 bits per heavy atom. The van der Waals surface area contributed by atoms with Gasteiger partial charge in [-0.1, -0.05) is 12.1 Å². The molecule has 2 N–H and O–H groups in total. The molecule has 1 aromatic carbocycles. The van der Waals surface area contributed by atoms with E-state index in [1.54, 1.807) is 11.0 Å². The van der Waals surface area contributed by atoms with E-state index >= 15 is 0 Å². The summed E-state index contributed by atoms with van der Waals surface area (Å²) in [6.07, 6.45) is -4.24. The van der Waals surface area contributed by atoms with Gasteiger partial charge in [0.1, 0.15) is 32.7 Å². The third-order valence-electron chi connectivity index (χ3n) is 3.87. The SMILES string of the molecule is CC[NH+]1CC[NH+](Cc2cccc(C(F)(F)F)c2)CC1. The van der Waals surface area contributed by atoms with Crippen LogP contribution in [0.25, 0.3) is 0 Å². The first-order chi connectivity index (χ1) is 8.99. The maximum atomic E-state index is 12.6. The van der Waals surface area contributed by atoms with Gasteiger partial charge in [-0.25, -0.2) is 0 Å². The van der Waals surface area contributed by atoms with E-state index in [9.17, 15) is 13.2 Å². The Hall–Kier alpha value is -1.07. The summed E-state index contributed by atoms with van der Waals surface area (Å²) in [6.45, 7) is 8.32. The molecule has 0 unspecified atom stereocenters. The lowest BCUT2D eigenvalue weighted by atomic mass is 10.1. The average Bonchev–Trinajstić information content (AvgIpc) is 2.39. The topological polar surface area (TPSA) is 8.88 Å². The molecule has 1 aliphatic heterocycles. The molecule has 1 aliphatic rings. The molecule has 19 heavy (non-hydrogen) atoms. The van der Waals surface area contributed by atoms with Gasteiger partial charge in [0.05, 0.1) is 12.1 Å². The largest absolute Gasteiger partial charge is 0.416 e. The van der Waals surface area contributed by atoms with Gasteiger partial charge in [0, 0.05) is 5.56 Å². The molecule has 0 spiro atoms. The van der Waals surface area contributed by atoms with E-state index in [2.05, 4.69) is 6.92 Å². The molecule has 1 aromatic rings. The third-order valence-corrected chi connectivity index (χ3v) is 3.87. The van der Waals surface area contributed by atoms with Crippen LogP contribution in [-0.4, -0.2) is 32.7 Å². The molecular weight excluding hydrogens is 253 g/mol. The first kappa shape index (κ1) is 14.3. The molecule has 0 amide bonds. The minimum Gasteiger partial charge on any atom is -0.326 e. The van der Waals surface area contributed by atoms with Crippen molar-refractivity contribution in [3.63, 3.8) is 0 Å². The molecule has 0 aromatic heterocycles. The fourth-order valence-corrected chi connectivity index (χ4v) is 2.63. The summed E-state index contributed by atoms with van der Waals surface area (Å²) in [5, 5.41) is 0. The first-order valence-electron chi connectivity index (χ1n) is 6.82. The van der Waals surface area contributed by atoms with Gasteiger partial charge in [0.25, 0.3) is 0 Å². The van der Waals surface area contributed by atoms with E-state index in [0.29, 0.717) is 6.54 Å². The molecule has 5 heteroatoms. The molecular formula is C14H21F3N2+2. The lowest BCUT2D eigenvalue weighted by Crippen LogP contribution is -3.27. The number of alkyl halides is 3. The average molecular weight is 274 g/mol. The Morgan fingerprint density at radius 3 is 2.26 bits per heavy atom. The lowest BCUT2D eigenvalue weighted by Gasteiger charge is -2.29. The van der Waals surface area contributed by atoms with E-state index in [1.165, 1.54) is 17.0 Å². The highest BCUT2D eigenvalue weighted by Crippen LogP contribution is 2.29. The fraction of sp³-hybridized carbons (Fsp3) is 0.571. The zero-order valence-corrected chi connectivity index (χ0v) is 11.2. The Morgan fingerprint density at radius 1 is 1.05 bits per heavy atom. The minimum atomic E-state index is -4.24. The number of halogens is 3. The summed E-state index contributed by atoms with van der Waals surface area (Å²) in [4.78, 5) is 2.98. The molecule has 0 aliphatic carbocycles. The van der Waals surface area contributed by atoms with Gasteiger partial charge < -0.3 is 9.80 Å². The Bertz CT molecular complexity index is 409. The van der Waals surface area contributed by atoms with Gasteiger partial charge in [-0.3, -0.25) is 0 Å². The van der Waals surface area contributed by atoms with Gasteiger partial charge in [-0.2, -0.15) is 13.2 Å². The Kier molecular flexibility index (Phi) is 4.47. The summed E-state index contributed by atoms with van der Waals surface area (Å²) >= 11 is 0. The predicted molar refractivity (Wildman–Crippen MR) is 67.1 cm³/mol. The minimum absolute atomic E-state index is 0.540. The van der Waals surface area contributed by atoms with Gasteiger partial charge in [-0.15, -0.1) is 0 Å². The number of hydrogen-bond acceptors (Lipinski definition) is 0. The first-order valence-corrected chi connectivity index (χ1v) is 6.82. The normalized spacial score (nSPS) is 24.4. The van der Waals surface area contributed by atoms with Crippen LogP contribution < -0.4 is 9.80 Å². The number of rotatable bonds is 3. The lowest BCUT2D eigenvalue weighted by molar-refractivity contribution is -1.02. The number of piperazine rings is 1. The van der Waals surface area contributed by atoms with Crippen molar-refractivity contribution in [3.05, 3.63) is 35.4 Å². The summed E-state index contributed by atoms with van der Waals surface area (Å²) in [7, 11) is 0. The van der Waals surface area contributed by atoms with E-state index in [0.717, 1.165) is 44.4 Å². The standard InChI is InChI=1S/C14H19F3N2/c1-2-18-6-8-19(9-7-18)11-12-4-3-5-13(10-12)14(15,16)17/h3-5,10H,2,6-9,11H2,1H3/p+2. The molecule has 1 fully saturated rings. The highest BCUT2D eigenvalue weighted by Gasteiger charge is 2.31. The second kappa shape index (κ2) is 5.92. The number of nitrogens with one attached hydrogen (secondary N) is 2. The summed E-state index contributed by atoms with van der Waals surface area (Å²) in [5.41, 5.74) is 0.243. The summed E-state index contributed by atoms with van der Waals surface area (Å²) in [6, 6.07) is 5.72. The highest BCUT2D eigenvalue weighted by molar-refractivity contribution is 5.24. The van der Waals surface area contributed by atoms with Crippen molar-refractivity contribution in [2.24, 2.45) is 0 Å². The van der Waals surface area contributed by atoms with Crippen molar-refractivity contribution in [1.82, 2.24) is 0 Å². The Labute approximate surface area is 111 Å². The molecule has 2 nitrogen and oxygen atoms in total. The third kappa shape index (κ3) is 3.94. The van der Waals surface area contributed by atoms with Crippen molar-refractivity contribution in [2.75, 3.05) is 32.7 Å². The van der Waals surface area contributed by atoms with E-state index < -0.39 is 11.7 Å². The van der Waals surface area contributed by atoms with Gasteiger partial charge in [-0.05, 0) is 19.1 Å². The van der Waals surface area contributed by atoms with Crippen LogP contribution in [0.2, 0.25) is 0 Å². The van der Waals surface area contributed by atoms with Crippen molar-refractivity contribution < 1.29 is 23.0 Å². The van der Waals surface area contributed by atoms with Gasteiger partial charge >= 0.3 is 6.18 Å². The zero-order valence-electron chi connectivity index (χ0n) is 11.2. The van der Waals surface area contributed by atoms with Crippen molar-refractivity contribution in [3.8, 4) is 0 Å².